The van der Waals surface area contributed by atoms with E-state index in [1.165, 1.54) is 0 Å². The molecule has 0 aromatic heterocycles. The van der Waals surface area contributed by atoms with Gasteiger partial charge in [-0.25, -0.2) is 0 Å². The van der Waals surface area contributed by atoms with Gasteiger partial charge in [-0.1, -0.05) is 0 Å². The van der Waals surface area contributed by atoms with E-state index in [1.54, 1.807) is 0 Å². The summed E-state index contributed by atoms with van der Waals surface area (Å²) in [6.45, 7) is 0.856. The lowest BCUT2D eigenvalue weighted by Crippen LogP contribution is -2.29. The van der Waals surface area contributed by atoms with Crippen molar-refractivity contribution in [3.8, 4) is 30.3 Å². The zero-order chi connectivity index (χ0) is 22.3. The standard InChI is InChI=1S/C20H27N5O5/c21-5-1-10-27-19(28-11-2-6-22)15-18(17-26-14-9-25)16-20(29-12-3-7-23)30-13-4-8-24/h18-20H,1-4,10-17H2. The molecule has 0 aliphatic rings. The van der Waals surface area contributed by atoms with Gasteiger partial charge in [0.05, 0.1) is 89.1 Å². The molecule has 162 valence electrons. The Morgan fingerprint density at radius 2 is 0.900 bits per heavy atom. The van der Waals surface area contributed by atoms with Crippen molar-refractivity contribution in [3.05, 3.63) is 0 Å². The SMILES string of the molecule is N#CCCOC(CC(COCC#N)CC(OCCC#N)OCCC#N)OCCC#N. The highest BCUT2D eigenvalue weighted by Gasteiger charge is 2.23. The van der Waals surface area contributed by atoms with Gasteiger partial charge in [0.2, 0.25) is 0 Å². The first kappa shape index (κ1) is 27.2. The Bertz CT molecular complexity index is 554. The van der Waals surface area contributed by atoms with Crippen LogP contribution in [0.2, 0.25) is 0 Å². The molecule has 0 atom stereocenters. The minimum absolute atomic E-state index is 0.0823. The number of nitrogens with zero attached hydrogens (tertiary/aromatic N) is 5. The van der Waals surface area contributed by atoms with E-state index in [2.05, 4.69) is 0 Å². The van der Waals surface area contributed by atoms with Gasteiger partial charge in [0, 0.05) is 12.8 Å². The third-order valence-electron chi connectivity index (χ3n) is 3.64. The Hall–Kier alpha value is -2.75. The van der Waals surface area contributed by atoms with Crippen LogP contribution in [0.3, 0.4) is 0 Å². The fourth-order valence-corrected chi connectivity index (χ4v) is 2.36. The first-order valence-electron chi connectivity index (χ1n) is 9.60. The quantitative estimate of drug-likeness (QED) is 0.225. The highest BCUT2D eigenvalue weighted by atomic mass is 16.7. The van der Waals surface area contributed by atoms with E-state index in [9.17, 15) is 0 Å². The van der Waals surface area contributed by atoms with Crippen LogP contribution < -0.4 is 0 Å². The van der Waals surface area contributed by atoms with Gasteiger partial charge in [-0.15, -0.1) is 0 Å². The molecule has 0 spiro atoms. The highest BCUT2D eigenvalue weighted by Crippen LogP contribution is 2.20. The molecule has 30 heavy (non-hydrogen) atoms. The van der Waals surface area contributed by atoms with Crippen molar-refractivity contribution in [2.24, 2.45) is 5.92 Å². The van der Waals surface area contributed by atoms with Crippen LogP contribution >= 0.6 is 0 Å². The topological polar surface area (TPSA) is 165 Å². The summed E-state index contributed by atoms with van der Waals surface area (Å²) in [6, 6.07) is 9.86. The highest BCUT2D eigenvalue weighted by molar-refractivity contribution is 4.73. The summed E-state index contributed by atoms with van der Waals surface area (Å²) in [5.74, 6) is -0.193. The zero-order valence-electron chi connectivity index (χ0n) is 17.0. The summed E-state index contributed by atoms with van der Waals surface area (Å²) in [5.41, 5.74) is 0. The number of hydrogen-bond acceptors (Lipinski definition) is 10. The largest absolute Gasteiger partial charge is 0.366 e. The predicted molar refractivity (Wildman–Crippen MR) is 101 cm³/mol. The summed E-state index contributed by atoms with van der Waals surface area (Å²) >= 11 is 0. The van der Waals surface area contributed by atoms with E-state index in [-0.39, 0.29) is 71.2 Å². The molecular formula is C20H27N5O5. The lowest BCUT2D eigenvalue weighted by atomic mass is 10.0. The van der Waals surface area contributed by atoms with Gasteiger partial charge in [-0.05, 0) is 5.92 Å². The van der Waals surface area contributed by atoms with Crippen LogP contribution in [0.25, 0.3) is 0 Å². The molecule has 0 rings (SSSR count). The van der Waals surface area contributed by atoms with Crippen molar-refractivity contribution in [1.29, 1.82) is 26.3 Å². The molecule has 0 aromatic carbocycles. The predicted octanol–water partition coefficient (Wildman–Crippen LogP) is 2.30. The summed E-state index contributed by atoms with van der Waals surface area (Å²) in [5, 5.41) is 43.5. The molecule has 0 aromatic rings. The Morgan fingerprint density at radius 1 is 0.533 bits per heavy atom. The van der Waals surface area contributed by atoms with E-state index < -0.39 is 12.6 Å². The summed E-state index contributed by atoms with van der Waals surface area (Å²) in [6.07, 6.45) is 0.192. The summed E-state index contributed by atoms with van der Waals surface area (Å²) < 4.78 is 27.8. The number of ether oxygens (including phenoxy) is 5. The van der Waals surface area contributed by atoms with Crippen LogP contribution in [0.1, 0.15) is 38.5 Å². The van der Waals surface area contributed by atoms with Gasteiger partial charge in [0.15, 0.2) is 12.6 Å². The van der Waals surface area contributed by atoms with Gasteiger partial charge < -0.3 is 23.7 Å². The van der Waals surface area contributed by atoms with Gasteiger partial charge in [-0.3, -0.25) is 0 Å². The second-order valence-electron chi connectivity index (χ2n) is 5.99. The molecule has 10 nitrogen and oxygen atoms in total. The van der Waals surface area contributed by atoms with Gasteiger partial charge in [0.1, 0.15) is 6.61 Å². The average Bonchev–Trinajstić information content (AvgIpc) is 2.74. The summed E-state index contributed by atoms with van der Waals surface area (Å²) in [7, 11) is 0. The third kappa shape index (κ3) is 16.2. The fourth-order valence-electron chi connectivity index (χ4n) is 2.36. The normalized spacial score (nSPS) is 10.3. The maximum absolute atomic E-state index is 8.72. The molecule has 0 unspecified atom stereocenters. The van der Waals surface area contributed by atoms with E-state index >= 15 is 0 Å². The van der Waals surface area contributed by atoms with Crippen LogP contribution in [0, 0.1) is 62.6 Å². The molecule has 0 radical (unpaired) electrons. The van der Waals surface area contributed by atoms with Crippen LogP contribution in [-0.2, 0) is 23.7 Å². The monoisotopic (exact) mass is 417 g/mol. The van der Waals surface area contributed by atoms with Crippen LogP contribution in [0.4, 0.5) is 0 Å². The molecule has 0 heterocycles. The zero-order valence-corrected chi connectivity index (χ0v) is 17.0. The second-order valence-corrected chi connectivity index (χ2v) is 5.99. The van der Waals surface area contributed by atoms with Crippen molar-refractivity contribution in [2.75, 3.05) is 39.6 Å². The molecule has 0 amide bonds. The minimum Gasteiger partial charge on any atom is -0.366 e. The fraction of sp³-hybridized carbons (Fsp3) is 0.750. The number of rotatable bonds is 19. The molecule has 0 N–H and O–H groups in total. The molecule has 0 aliphatic carbocycles. The van der Waals surface area contributed by atoms with E-state index in [0.717, 1.165) is 0 Å². The molecule has 0 saturated carbocycles. The van der Waals surface area contributed by atoms with Gasteiger partial charge in [-0.2, -0.15) is 26.3 Å². The van der Waals surface area contributed by atoms with Gasteiger partial charge in [0.25, 0.3) is 0 Å². The van der Waals surface area contributed by atoms with Crippen LogP contribution in [-0.4, -0.2) is 52.2 Å². The van der Waals surface area contributed by atoms with Crippen molar-refractivity contribution >= 4 is 0 Å². The third-order valence-corrected chi connectivity index (χ3v) is 3.64. The summed E-state index contributed by atoms with van der Waals surface area (Å²) in [4.78, 5) is 0. The molecular weight excluding hydrogens is 390 g/mol. The average molecular weight is 417 g/mol. The molecule has 0 bridgehead atoms. The van der Waals surface area contributed by atoms with E-state index in [0.29, 0.717) is 12.8 Å². The Kier molecular flexibility index (Phi) is 19.0. The first-order valence-corrected chi connectivity index (χ1v) is 9.60. The number of hydrogen-bond donors (Lipinski definition) is 0. The maximum Gasteiger partial charge on any atom is 0.158 e. The molecule has 10 heteroatoms. The molecule has 0 aliphatic heterocycles. The maximum atomic E-state index is 8.72. The minimum atomic E-state index is -0.666. The van der Waals surface area contributed by atoms with E-state index in [4.69, 9.17) is 50.0 Å². The Morgan fingerprint density at radius 3 is 1.20 bits per heavy atom. The smallest absolute Gasteiger partial charge is 0.158 e. The van der Waals surface area contributed by atoms with Crippen LogP contribution in [0.15, 0.2) is 0 Å². The lowest BCUT2D eigenvalue weighted by molar-refractivity contribution is -0.174. The van der Waals surface area contributed by atoms with E-state index in [1.807, 2.05) is 30.3 Å². The van der Waals surface area contributed by atoms with Crippen molar-refractivity contribution in [2.45, 2.75) is 51.1 Å². The second kappa shape index (κ2) is 21.0. The van der Waals surface area contributed by atoms with Gasteiger partial charge >= 0.3 is 0 Å². The first-order chi connectivity index (χ1) is 14.7. The number of nitriles is 5. The van der Waals surface area contributed by atoms with Crippen LogP contribution in [0.5, 0.6) is 0 Å². The van der Waals surface area contributed by atoms with Crippen molar-refractivity contribution in [1.82, 2.24) is 0 Å². The van der Waals surface area contributed by atoms with Crippen molar-refractivity contribution < 1.29 is 23.7 Å². The van der Waals surface area contributed by atoms with Crippen molar-refractivity contribution in [3.63, 3.8) is 0 Å². The Balaban J connectivity index is 5.03. The molecule has 0 saturated heterocycles. The Labute approximate surface area is 177 Å². The molecule has 0 fully saturated rings. The lowest BCUT2D eigenvalue weighted by Gasteiger charge is -2.27.